The van der Waals surface area contributed by atoms with Gasteiger partial charge < -0.3 is 9.64 Å². The maximum Gasteiger partial charge on any atom is 0.416 e. The van der Waals surface area contributed by atoms with Crippen molar-refractivity contribution in [3.8, 4) is 11.3 Å². The van der Waals surface area contributed by atoms with Crippen molar-refractivity contribution in [2.75, 3.05) is 24.6 Å². The largest absolute Gasteiger partial charge is 0.466 e. The molecular formula is C24H22F4N4O3S. The van der Waals surface area contributed by atoms with Crippen LogP contribution < -0.4 is 4.90 Å². The van der Waals surface area contributed by atoms with Crippen molar-refractivity contribution in [2.45, 2.75) is 32.4 Å². The zero-order valence-corrected chi connectivity index (χ0v) is 20.0. The lowest BCUT2D eigenvalue weighted by Crippen LogP contribution is -2.37. The van der Waals surface area contributed by atoms with E-state index in [1.165, 1.54) is 17.8 Å². The summed E-state index contributed by atoms with van der Waals surface area (Å²) in [7, 11) is 0. The molecule has 12 heteroatoms. The number of nitrogens with zero attached hydrogens (tertiary/aromatic N) is 4. The molecule has 4 rings (SSSR count). The SMILES string of the molecule is CCOC(=O)C1CCN(c2cnc(C(=O)Cc3nc(-c4cc(F)cc(C(F)(F)F)c4)cs3)cn2)CC1. The molecule has 0 N–H and O–H groups in total. The van der Waals surface area contributed by atoms with E-state index in [2.05, 4.69) is 15.0 Å². The minimum atomic E-state index is -4.69. The Kier molecular flexibility index (Phi) is 7.62. The highest BCUT2D eigenvalue weighted by Crippen LogP contribution is 2.33. The normalized spacial score (nSPS) is 14.6. The summed E-state index contributed by atoms with van der Waals surface area (Å²) < 4.78 is 57.8. The quantitative estimate of drug-likeness (QED) is 0.246. The second kappa shape index (κ2) is 10.7. The van der Waals surface area contributed by atoms with Crippen LogP contribution in [0.15, 0.2) is 36.0 Å². The van der Waals surface area contributed by atoms with Gasteiger partial charge in [0.2, 0.25) is 0 Å². The molecule has 7 nitrogen and oxygen atoms in total. The summed E-state index contributed by atoms with van der Waals surface area (Å²) in [5.41, 5.74) is -0.848. The third kappa shape index (κ3) is 6.04. The minimum absolute atomic E-state index is 0.0202. The third-order valence-corrected chi connectivity index (χ3v) is 6.60. The van der Waals surface area contributed by atoms with Crippen LogP contribution in [0.1, 0.15) is 40.8 Å². The zero-order valence-electron chi connectivity index (χ0n) is 19.2. The van der Waals surface area contributed by atoms with Crippen molar-refractivity contribution in [2.24, 2.45) is 5.92 Å². The summed E-state index contributed by atoms with van der Waals surface area (Å²) in [6.07, 6.45) is -0.659. The predicted molar refractivity (Wildman–Crippen MR) is 124 cm³/mol. The fourth-order valence-electron chi connectivity index (χ4n) is 3.89. The van der Waals surface area contributed by atoms with Crippen molar-refractivity contribution in [3.05, 3.63) is 58.1 Å². The van der Waals surface area contributed by atoms with E-state index < -0.39 is 17.6 Å². The summed E-state index contributed by atoms with van der Waals surface area (Å²) in [6, 6.07) is 2.21. The number of rotatable bonds is 7. The lowest BCUT2D eigenvalue weighted by molar-refractivity contribution is -0.148. The Labute approximate surface area is 208 Å². The first-order valence-electron chi connectivity index (χ1n) is 11.2. The lowest BCUT2D eigenvalue weighted by atomic mass is 9.97. The fourth-order valence-corrected chi connectivity index (χ4v) is 4.69. The Bertz CT molecular complexity index is 1240. The molecule has 0 radical (unpaired) electrons. The summed E-state index contributed by atoms with van der Waals surface area (Å²) in [6.45, 7) is 3.36. The monoisotopic (exact) mass is 522 g/mol. The topological polar surface area (TPSA) is 85.3 Å². The summed E-state index contributed by atoms with van der Waals surface area (Å²) in [5.74, 6) is -1.10. The maximum atomic E-state index is 13.7. The number of esters is 1. The average molecular weight is 523 g/mol. The van der Waals surface area contributed by atoms with Crippen LogP contribution in [0.25, 0.3) is 11.3 Å². The Morgan fingerprint density at radius 1 is 1.14 bits per heavy atom. The molecule has 0 amide bonds. The van der Waals surface area contributed by atoms with Gasteiger partial charge in [-0.1, -0.05) is 0 Å². The standard InChI is InChI=1S/C24H22F4N4O3S/c1-2-35-23(34)14-3-5-32(6-4-14)21-12-29-18(11-30-21)20(33)10-22-31-19(13-36-22)15-7-16(24(26,27)28)9-17(25)8-15/h7-9,11-14H,2-6,10H2,1H3. The highest BCUT2D eigenvalue weighted by molar-refractivity contribution is 7.10. The van der Waals surface area contributed by atoms with Crippen molar-refractivity contribution >= 4 is 28.9 Å². The molecule has 0 aliphatic carbocycles. The molecule has 0 atom stereocenters. The van der Waals surface area contributed by atoms with Gasteiger partial charge in [0.1, 0.15) is 22.3 Å². The van der Waals surface area contributed by atoms with Gasteiger partial charge >= 0.3 is 12.1 Å². The number of ether oxygens (including phenoxy) is 1. The van der Waals surface area contributed by atoms with Crippen molar-refractivity contribution in [1.29, 1.82) is 0 Å². The van der Waals surface area contributed by atoms with E-state index in [0.29, 0.717) is 49.4 Å². The molecule has 1 fully saturated rings. The van der Waals surface area contributed by atoms with E-state index in [-0.39, 0.29) is 41.0 Å². The van der Waals surface area contributed by atoms with Crippen LogP contribution in [-0.2, 0) is 22.1 Å². The molecule has 0 bridgehead atoms. The number of benzene rings is 1. The number of carbonyl (C=O) groups excluding carboxylic acids is 2. The van der Waals surface area contributed by atoms with Crippen molar-refractivity contribution in [3.63, 3.8) is 0 Å². The van der Waals surface area contributed by atoms with Gasteiger partial charge in [0.15, 0.2) is 5.78 Å². The first-order chi connectivity index (χ1) is 17.1. The molecule has 0 unspecified atom stereocenters. The Balaban J connectivity index is 1.38. The number of piperidine rings is 1. The summed E-state index contributed by atoms with van der Waals surface area (Å²) in [4.78, 5) is 39.3. The van der Waals surface area contributed by atoms with E-state index in [1.807, 2.05) is 4.90 Å². The number of Topliss-reactive ketones (excluding diaryl/α,β-unsaturated/α-hetero) is 1. The van der Waals surface area contributed by atoms with Crippen molar-refractivity contribution in [1.82, 2.24) is 15.0 Å². The molecule has 0 saturated carbocycles. The molecule has 1 aromatic carbocycles. The number of carbonyl (C=O) groups is 2. The van der Waals surface area contributed by atoms with Gasteiger partial charge in [-0.2, -0.15) is 13.2 Å². The number of anilines is 1. The van der Waals surface area contributed by atoms with E-state index in [4.69, 9.17) is 4.74 Å². The van der Waals surface area contributed by atoms with Crippen LogP contribution in [0.3, 0.4) is 0 Å². The van der Waals surface area contributed by atoms with Crippen LogP contribution in [-0.4, -0.2) is 46.4 Å². The molecule has 1 aliphatic heterocycles. The van der Waals surface area contributed by atoms with Gasteiger partial charge in [0.25, 0.3) is 0 Å². The Hall–Kier alpha value is -3.41. The van der Waals surface area contributed by atoms with Crippen LogP contribution in [0.4, 0.5) is 23.4 Å². The van der Waals surface area contributed by atoms with Gasteiger partial charge in [-0.05, 0) is 38.0 Å². The fraction of sp³-hybridized carbons (Fsp3) is 0.375. The van der Waals surface area contributed by atoms with E-state index in [0.717, 1.165) is 23.5 Å². The highest BCUT2D eigenvalue weighted by Gasteiger charge is 2.32. The van der Waals surface area contributed by atoms with E-state index >= 15 is 0 Å². The molecular weight excluding hydrogens is 500 g/mol. The van der Waals surface area contributed by atoms with Gasteiger partial charge in [-0.15, -0.1) is 11.3 Å². The summed E-state index contributed by atoms with van der Waals surface area (Å²) >= 11 is 1.09. The van der Waals surface area contributed by atoms with Crippen molar-refractivity contribution < 1.29 is 31.9 Å². The second-order valence-electron chi connectivity index (χ2n) is 8.23. The number of hydrogen-bond acceptors (Lipinski definition) is 8. The number of ketones is 1. The maximum absolute atomic E-state index is 13.7. The molecule has 36 heavy (non-hydrogen) atoms. The number of halogens is 4. The van der Waals surface area contributed by atoms with Gasteiger partial charge in [0.05, 0.1) is 42.6 Å². The minimum Gasteiger partial charge on any atom is -0.466 e. The van der Waals surface area contributed by atoms with E-state index in [1.54, 1.807) is 6.92 Å². The van der Waals surface area contributed by atoms with Crippen LogP contribution in [0.5, 0.6) is 0 Å². The number of aromatic nitrogens is 3. The van der Waals surface area contributed by atoms with Gasteiger partial charge in [0, 0.05) is 24.0 Å². The van der Waals surface area contributed by atoms with Crippen LogP contribution in [0.2, 0.25) is 0 Å². The second-order valence-corrected chi connectivity index (χ2v) is 9.17. The molecule has 0 spiro atoms. The third-order valence-electron chi connectivity index (χ3n) is 5.75. The number of hydrogen-bond donors (Lipinski definition) is 0. The molecule has 1 saturated heterocycles. The molecule has 1 aliphatic rings. The molecule has 190 valence electrons. The summed E-state index contributed by atoms with van der Waals surface area (Å²) in [5, 5.41) is 1.84. The van der Waals surface area contributed by atoms with Crippen LogP contribution >= 0.6 is 11.3 Å². The zero-order chi connectivity index (χ0) is 25.9. The first kappa shape index (κ1) is 25.7. The highest BCUT2D eigenvalue weighted by atomic mass is 32.1. The molecule has 2 aromatic heterocycles. The Morgan fingerprint density at radius 3 is 2.53 bits per heavy atom. The Morgan fingerprint density at radius 2 is 1.89 bits per heavy atom. The number of thiazole rings is 1. The van der Waals surface area contributed by atoms with E-state index in [9.17, 15) is 27.2 Å². The average Bonchev–Trinajstić information content (AvgIpc) is 3.32. The first-order valence-corrected chi connectivity index (χ1v) is 12.1. The van der Waals surface area contributed by atoms with Gasteiger partial charge in [-0.25, -0.2) is 19.3 Å². The molecule has 3 heterocycles. The predicted octanol–water partition coefficient (Wildman–Crippen LogP) is 4.96. The van der Waals surface area contributed by atoms with Gasteiger partial charge in [-0.3, -0.25) is 9.59 Å². The lowest BCUT2D eigenvalue weighted by Gasteiger charge is -2.31. The number of alkyl halides is 3. The van der Waals surface area contributed by atoms with Crippen LogP contribution in [0, 0.1) is 11.7 Å². The molecule has 3 aromatic rings. The smallest absolute Gasteiger partial charge is 0.416 e.